The van der Waals surface area contributed by atoms with Gasteiger partial charge in [-0.05, 0) is 24.3 Å². The maximum atomic E-state index is 13.4. The van der Waals surface area contributed by atoms with E-state index in [0.29, 0.717) is 10.7 Å². The van der Waals surface area contributed by atoms with Crippen molar-refractivity contribution >= 4 is 29.0 Å². The molecular formula is C13H10FN5OS. The second-order valence-electron chi connectivity index (χ2n) is 4.12. The van der Waals surface area contributed by atoms with Crippen molar-refractivity contribution in [2.45, 2.75) is 5.03 Å². The van der Waals surface area contributed by atoms with Gasteiger partial charge in [-0.3, -0.25) is 4.79 Å². The van der Waals surface area contributed by atoms with Crippen LogP contribution in [0.1, 0.15) is 0 Å². The van der Waals surface area contributed by atoms with Crippen LogP contribution >= 0.6 is 11.8 Å². The van der Waals surface area contributed by atoms with E-state index >= 15 is 0 Å². The van der Waals surface area contributed by atoms with E-state index in [2.05, 4.69) is 20.6 Å². The fraction of sp³-hybridized carbons (Fsp3) is 0.0769. The highest BCUT2D eigenvalue weighted by Gasteiger charge is 2.08. The largest absolute Gasteiger partial charge is 0.323 e. The van der Waals surface area contributed by atoms with Gasteiger partial charge in [-0.15, -0.1) is 10.2 Å². The molecule has 6 nitrogen and oxygen atoms in total. The second-order valence-corrected chi connectivity index (χ2v) is 5.12. The fourth-order valence-electron chi connectivity index (χ4n) is 1.68. The Bertz CT molecular complexity index is 791. The lowest BCUT2D eigenvalue weighted by Crippen LogP contribution is -2.15. The van der Waals surface area contributed by atoms with Crippen LogP contribution in [0.5, 0.6) is 0 Å². The number of amides is 1. The molecule has 0 aliphatic carbocycles. The van der Waals surface area contributed by atoms with Crippen LogP contribution < -0.4 is 5.32 Å². The maximum Gasteiger partial charge on any atom is 0.234 e. The molecule has 0 aliphatic rings. The summed E-state index contributed by atoms with van der Waals surface area (Å²) in [4.78, 5) is 11.8. The molecule has 106 valence electrons. The number of halogens is 1. The first-order chi connectivity index (χ1) is 10.2. The average Bonchev–Trinajstić information content (AvgIpc) is 2.95. The van der Waals surface area contributed by atoms with E-state index in [-0.39, 0.29) is 17.3 Å². The lowest BCUT2D eigenvalue weighted by Gasteiger charge is -2.05. The van der Waals surface area contributed by atoms with E-state index in [0.717, 1.165) is 0 Å². The molecule has 2 heterocycles. The van der Waals surface area contributed by atoms with Crippen molar-refractivity contribution in [2.24, 2.45) is 0 Å². The number of nitrogens with one attached hydrogen (secondary N) is 1. The van der Waals surface area contributed by atoms with Gasteiger partial charge in [0.25, 0.3) is 0 Å². The summed E-state index contributed by atoms with van der Waals surface area (Å²) in [6, 6.07) is 9.55. The van der Waals surface area contributed by atoms with Crippen molar-refractivity contribution in [2.75, 3.05) is 11.1 Å². The Balaban J connectivity index is 1.61. The first-order valence-corrected chi connectivity index (χ1v) is 7.05. The molecule has 0 unspecified atom stereocenters. The van der Waals surface area contributed by atoms with Gasteiger partial charge in [0, 0.05) is 0 Å². The topological polar surface area (TPSA) is 72.2 Å². The molecule has 0 radical (unpaired) electrons. The molecular weight excluding hydrogens is 293 g/mol. The number of fused-ring (bicyclic) bond motifs is 1. The standard InChI is InChI=1S/C13H10FN5OS/c14-9-3-1-2-4-10(9)16-12(20)7-21-13-6-5-11-17-15-8-19(11)18-13/h1-6,8H,7H2,(H,16,20). The van der Waals surface area contributed by atoms with E-state index in [9.17, 15) is 9.18 Å². The van der Waals surface area contributed by atoms with Gasteiger partial charge in [-0.25, -0.2) is 4.39 Å². The fourth-order valence-corrected chi connectivity index (χ4v) is 2.34. The Labute approximate surface area is 123 Å². The number of anilines is 1. The van der Waals surface area contributed by atoms with Crippen LogP contribution in [0.3, 0.4) is 0 Å². The van der Waals surface area contributed by atoms with Crippen molar-refractivity contribution in [3.8, 4) is 0 Å². The van der Waals surface area contributed by atoms with E-state index in [4.69, 9.17) is 0 Å². The van der Waals surface area contributed by atoms with E-state index in [1.807, 2.05) is 0 Å². The Morgan fingerprint density at radius 1 is 1.29 bits per heavy atom. The molecule has 0 aliphatic heterocycles. The zero-order valence-electron chi connectivity index (χ0n) is 10.7. The first-order valence-electron chi connectivity index (χ1n) is 6.06. The molecule has 21 heavy (non-hydrogen) atoms. The van der Waals surface area contributed by atoms with Crippen molar-refractivity contribution in [3.63, 3.8) is 0 Å². The van der Waals surface area contributed by atoms with Crippen LogP contribution in [0, 0.1) is 5.82 Å². The van der Waals surface area contributed by atoms with Gasteiger partial charge in [0.05, 0.1) is 11.4 Å². The summed E-state index contributed by atoms with van der Waals surface area (Å²) in [5, 5.41) is 15.0. The Hall–Kier alpha value is -2.48. The van der Waals surface area contributed by atoms with Crippen LogP contribution in [-0.4, -0.2) is 31.5 Å². The minimum absolute atomic E-state index is 0.134. The lowest BCUT2D eigenvalue weighted by atomic mass is 10.3. The molecule has 1 amide bonds. The molecule has 0 spiro atoms. The third-order valence-electron chi connectivity index (χ3n) is 2.64. The summed E-state index contributed by atoms with van der Waals surface area (Å²) in [5.74, 6) is -0.620. The molecule has 0 atom stereocenters. The van der Waals surface area contributed by atoms with E-state index in [1.165, 1.54) is 34.7 Å². The maximum absolute atomic E-state index is 13.4. The summed E-state index contributed by atoms with van der Waals surface area (Å²) in [6.45, 7) is 0. The number of rotatable bonds is 4. The monoisotopic (exact) mass is 303 g/mol. The van der Waals surface area contributed by atoms with Crippen molar-refractivity contribution in [1.29, 1.82) is 0 Å². The Morgan fingerprint density at radius 2 is 2.14 bits per heavy atom. The first kappa shape index (κ1) is 13.5. The normalized spacial score (nSPS) is 10.7. The lowest BCUT2D eigenvalue weighted by molar-refractivity contribution is -0.113. The van der Waals surface area contributed by atoms with Gasteiger partial charge in [0.2, 0.25) is 5.91 Å². The molecule has 1 aromatic carbocycles. The number of thioether (sulfide) groups is 1. The molecule has 0 bridgehead atoms. The summed E-state index contributed by atoms with van der Waals surface area (Å²) in [6.07, 6.45) is 1.48. The minimum atomic E-state index is -0.458. The zero-order valence-corrected chi connectivity index (χ0v) is 11.5. The SMILES string of the molecule is O=C(CSc1ccc2nncn2n1)Nc1ccccc1F. The predicted octanol–water partition coefficient (Wildman–Crippen LogP) is 1.99. The molecule has 1 N–H and O–H groups in total. The van der Waals surface area contributed by atoms with Crippen molar-refractivity contribution in [3.05, 3.63) is 48.5 Å². The van der Waals surface area contributed by atoms with Crippen molar-refractivity contribution in [1.82, 2.24) is 19.8 Å². The number of hydrogen-bond donors (Lipinski definition) is 1. The number of carbonyl (C=O) groups is 1. The number of nitrogens with zero attached hydrogens (tertiary/aromatic N) is 4. The quantitative estimate of drug-likeness (QED) is 0.746. The third-order valence-corrected chi connectivity index (χ3v) is 3.56. The second kappa shape index (κ2) is 5.88. The molecule has 0 fully saturated rings. The van der Waals surface area contributed by atoms with E-state index in [1.54, 1.807) is 24.3 Å². The minimum Gasteiger partial charge on any atom is -0.323 e. The smallest absolute Gasteiger partial charge is 0.234 e. The Kier molecular flexibility index (Phi) is 3.78. The van der Waals surface area contributed by atoms with Gasteiger partial charge in [0.15, 0.2) is 5.65 Å². The molecule has 8 heteroatoms. The molecule has 3 aromatic rings. The third kappa shape index (κ3) is 3.16. The molecule has 0 saturated heterocycles. The molecule has 0 saturated carbocycles. The highest BCUT2D eigenvalue weighted by molar-refractivity contribution is 7.99. The van der Waals surface area contributed by atoms with Crippen LogP contribution in [-0.2, 0) is 4.79 Å². The van der Waals surface area contributed by atoms with Gasteiger partial charge >= 0.3 is 0 Å². The summed E-state index contributed by atoms with van der Waals surface area (Å²) in [7, 11) is 0. The van der Waals surface area contributed by atoms with E-state index < -0.39 is 5.82 Å². The number of carbonyl (C=O) groups excluding carboxylic acids is 1. The average molecular weight is 303 g/mol. The number of aromatic nitrogens is 4. The summed E-state index contributed by atoms with van der Waals surface area (Å²) < 4.78 is 14.9. The Morgan fingerprint density at radius 3 is 3.00 bits per heavy atom. The predicted molar refractivity (Wildman–Crippen MR) is 76.5 cm³/mol. The van der Waals surface area contributed by atoms with Crippen LogP contribution in [0.4, 0.5) is 10.1 Å². The number of para-hydroxylation sites is 1. The number of benzene rings is 1. The van der Waals surface area contributed by atoms with Gasteiger partial charge in [0.1, 0.15) is 17.2 Å². The van der Waals surface area contributed by atoms with Crippen molar-refractivity contribution < 1.29 is 9.18 Å². The van der Waals surface area contributed by atoms with Crippen LogP contribution in [0.25, 0.3) is 5.65 Å². The van der Waals surface area contributed by atoms with Gasteiger partial charge in [-0.1, -0.05) is 23.9 Å². The summed E-state index contributed by atoms with van der Waals surface area (Å²) in [5.41, 5.74) is 0.806. The zero-order chi connectivity index (χ0) is 14.7. The van der Waals surface area contributed by atoms with Gasteiger partial charge < -0.3 is 5.32 Å². The van der Waals surface area contributed by atoms with Crippen LogP contribution in [0.15, 0.2) is 47.8 Å². The molecule has 3 rings (SSSR count). The van der Waals surface area contributed by atoms with Gasteiger partial charge in [-0.2, -0.15) is 9.61 Å². The summed E-state index contributed by atoms with van der Waals surface area (Å²) >= 11 is 1.25. The highest BCUT2D eigenvalue weighted by Crippen LogP contribution is 2.17. The number of hydrogen-bond acceptors (Lipinski definition) is 5. The molecule has 2 aromatic heterocycles. The van der Waals surface area contributed by atoms with Crippen LogP contribution in [0.2, 0.25) is 0 Å². The highest BCUT2D eigenvalue weighted by atomic mass is 32.2.